The van der Waals surface area contributed by atoms with Gasteiger partial charge in [0, 0.05) is 41.9 Å². The number of ether oxygens (including phenoxy) is 2. The maximum absolute atomic E-state index is 12.9. The number of halogens is 3. The lowest BCUT2D eigenvalue weighted by Crippen LogP contribution is -2.45. The van der Waals surface area contributed by atoms with Crippen LogP contribution in [0.5, 0.6) is 11.6 Å². The average molecular weight is 550 g/mol. The molecule has 1 amide bonds. The van der Waals surface area contributed by atoms with E-state index < -0.39 is 12.2 Å². The molecule has 206 valence electrons. The molecule has 2 aliphatic heterocycles. The van der Waals surface area contributed by atoms with Crippen LogP contribution in [0.1, 0.15) is 24.4 Å². The minimum Gasteiger partial charge on any atom is -0.491 e. The molecule has 1 N–H and O–H groups in total. The Kier molecular flexibility index (Phi) is 6.67. The summed E-state index contributed by atoms with van der Waals surface area (Å²) >= 11 is 0. The number of nitrogens with zero attached hydrogens (tertiary/aromatic N) is 4. The van der Waals surface area contributed by atoms with Gasteiger partial charge in [0.05, 0.1) is 11.7 Å². The summed E-state index contributed by atoms with van der Waals surface area (Å²) in [5.41, 5.74) is 3.99. The summed E-state index contributed by atoms with van der Waals surface area (Å²) in [6.07, 6.45) is -1.82. The number of alkyl halides is 3. The first-order chi connectivity index (χ1) is 19.3. The summed E-state index contributed by atoms with van der Waals surface area (Å²) in [5, 5.41) is 7.76. The first-order valence-corrected chi connectivity index (χ1v) is 12.9. The topological polar surface area (TPSA) is 81.0 Å². The number of piperidine rings is 1. The molecule has 8 nitrogen and oxygen atoms in total. The van der Waals surface area contributed by atoms with Gasteiger partial charge < -0.3 is 19.7 Å². The van der Waals surface area contributed by atoms with E-state index >= 15 is 0 Å². The molecule has 2 aromatic carbocycles. The van der Waals surface area contributed by atoms with E-state index in [1.165, 1.54) is 16.7 Å². The van der Waals surface area contributed by atoms with Crippen molar-refractivity contribution >= 4 is 11.6 Å². The second-order valence-corrected chi connectivity index (χ2v) is 9.75. The Hall–Kier alpha value is -4.38. The van der Waals surface area contributed by atoms with E-state index in [1.54, 1.807) is 0 Å². The highest BCUT2D eigenvalue weighted by molar-refractivity contribution is 5.87. The number of carbonyl (C=O) groups excluding carboxylic acids is 1. The van der Waals surface area contributed by atoms with E-state index in [2.05, 4.69) is 21.7 Å². The Balaban J connectivity index is 1.30. The summed E-state index contributed by atoms with van der Waals surface area (Å²) in [5.74, 6) is 0.105. The average Bonchev–Trinajstić information content (AvgIpc) is 3.53. The summed E-state index contributed by atoms with van der Waals surface area (Å²) < 4.78 is 50.1. The van der Waals surface area contributed by atoms with Crippen molar-refractivity contribution in [3.8, 4) is 34.1 Å². The molecular weight excluding hydrogens is 523 g/mol. The van der Waals surface area contributed by atoms with Gasteiger partial charge in [0.15, 0.2) is 5.65 Å². The number of fused-ring (bicyclic) bond motifs is 2. The predicted molar refractivity (Wildman–Crippen MR) is 142 cm³/mol. The lowest BCUT2D eigenvalue weighted by Gasteiger charge is -2.33. The number of likely N-dealkylation sites (tertiary alicyclic amines) is 1. The lowest BCUT2D eigenvalue weighted by atomic mass is 9.99. The Labute approximate surface area is 228 Å². The molecule has 0 aliphatic carbocycles. The number of rotatable bonds is 6. The molecule has 0 saturated carbocycles. The molecule has 1 saturated heterocycles. The van der Waals surface area contributed by atoms with Crippen molar-refractivity contribution in [2.45, 2.75) is 31.3 Å². The zero-order valence-electron chi connectivity index (χ0n) is 21.4. The van der Waals surface area contributed by atoms with Gasteiger partial charge in [0.2, 0.25) is 11.8 Å². The van der Waals surface area contributed by atoms with Crippen LogP contribution in [0.2, 0.25) is 0 Å². The van der Waals surface area contributed by atoms with Crippen LogP contribution in [0.4, 0.5) is 13.2 Å². The molecule has 4 aromatic rings. The fourth-order valence-electron chi connectivity index (χ4n) is 5.32. The third kappa shape index (κ3) is 5.12. The molecular formula is C29H26F3N5O3. The van der Waals surface area contributed by atoms with E-state index in [0.717, 1.165) is 41.3 Å². The molecule has 4 heterocycles. The third-order valence-corrected chi connectivity index (χ3v) is 7.21. The van der Waals surface area contributed by atoms with Gasteiger partial charge in [0.1, 0.15) is 18.1 Å². The van der Waals surface area contributed by atoms with Crippen LogP contribution in [0, 0.1) is 0 Å². The normalized spacial score (nSPS) is 17.5. The van der Waals surface area contributed by atoms with Gasteiger partial charge in [-0.05, 0) is 31.1 Å². The minimum atomic E-state index is -4.86. The zero-order chi connectivity index (χ0) is 27.9. The van der Waals surface area contributed by atoms with Gasteiger partial charge in [-0.15, -0.1) is 18.3 Å². The van der Waals surface area contributed by atoms with Gasteiger partial charge in [-0.3, -0.25) is 4.79 Å². The molecule has 6 rings (SSSR count). The first-order valence-electron chi connectivity index (χ1n) is 12.9. The fourth-order valence-corrected chi connectivity index (χ4v) is 5.32. The maximum Gasteiger partial charge on any atom is 0.574 e. The number of amides is 1. The highest BCUT2D eigenvalue weighted by atomic mass is 19.4. The second-order valence-electron chi connectivity index (χ2n) is 9.75. The van der Waals surface area contributed by atoms with Crippen molar-refractivity contribution in [3.05, 3.63) is 78.9 Å². The number of imidazole rings is 1. The molecule has 11 heteroatoms. The van der Waals surface area contributed by atoms with Crippen molar-refractivity contribution in [2.75, 3.05) is 19.7 Å². The standard InChI is InChI=1S/C29H26F3N5O3/c1-2-26(38)36-14-12-20(13-15-36)33-22-17-39-23-16-19(8-9-21(22)23)27-28(18-6-4-3-5-7-18)37-24(34-27)10-11-25(35-37)40-29(30,31)32/h2-11,16,20,22,33H,1,12-15,17H2/t22-/m0/s1. The summed E-state index contributed by atoms with van der Waals surface area (Å²) in [6.45, 7) is 5.40. The van der Waals surface area contributed by atoms with Gasteiger partial charge in [-0.2, -0.15) is 0 Å². The Bertz CT molecular complexity index is 1560. The molecule has 40 heavy (non-hydrogen) atoms. The Morgan fingerprint density at radius 3 is 2.58 bits per heavy atom. The SMILES string of the molecule is C=CC(=O)N1CCC(N[C@H]2COc3cc(-c4nc5ccc(OC(F)(F)F)nn5c4-c4ccccc4)ccc32)CC1. The van der Waals surface area contributed by atoms with Crippen molar-refractivity contribution in [2.24, 2.45) is 0 Å². The van der Waals surface area contributed by atoms with Crippen molar-refractivity contribution < 1.29 is 27.4 Å². The number of hydrogen-bond acceptors (Lipinski definition) is 6. The largest absolute Gasteiger partial charge is 0.574 e. The van der Waals surface area contributed by atoms with Crippen LogP contribution in [-0.4, -0.2) is 57.5 Å². The van der Waals surface area contributed by atoms with Crippen LogP contribution < -0.4 is 14.8 Å². The molecule has 0 radical (unpaired) electrons. The van der Waals surface area contributed by atoms with Crippen LogP contribution in [0.15, 0.2) is 73.3 Å². The predicted octanol–water partition coefficient (Wildman–Crippen LogP) is 5.16. The molecule has 2 aliphatic rings. The molecule has 0 bridgehead atoms. The fraction of sp³-hybridized carbons (Fsp3) is 0.276. The molecule has 0 unspecified atom stereocenters. The van der Waals surface area contributed by atoms with Gasteiger partial charge in [0.25, 0.3) is 0 Å². The van der Waals surface area contributed by atoms with Gasteiger partial charge in [-0.1, -0.05) is 49.0 Å². The Morgan fingerprint density at radius 1 is 1.07 bits per heavy atom. The third-order valence-electron chi connectivity index (χ3n) is 7.21. The second kappa shape index (κ2) is 10.3. The van der Waals surface area contributed by atoms with Crippen molar-refractivity contribution in [1.29, 1.82) is 0 Å². The summed E-state index contributed by atoms with van der Waals surface area (Å²) in [6, 6.07) is 17.9. The van der Waals surface area contributed by atoms with E-state index in [1.807, 2.05) is 53.4 Å². The van der Waals surface area contributed by atoms with Crippen LogP contribution in [0.3, 0.4) is 0 Å². The first kappa shape index (κ1) is 25.9. The number of aromatic nitrogens is 3. The smallest absolute Gasteiger partial charge is 0.491 e. The van der Waals surface area contributed by atoms with E-state index in [-0.39, 0.29) is 18.0 Å². The van der Waals surface area contributed by atoms with E-state index in [4.69, 9.17) is 9.72 Å². The van der Waals surface area contributed by atoms with Crippen molar-refractivity contribution in [1.82, 2.24) is 24.8 Å². The Morgan fingerprint density at radius 2 is 1.85 bits per heavy atom. The minimum absolute atomic E-state index is 0.00844. The summed E-state index contributed by atoms with van der Waals surface area (Å²) in [7, 11) is 0. The van der Waals surface area contributed by atoms with E-state index in [0.29, 0.717) is 36.7 Å². The molecule has 1 atom stereocenters. The van der Waals surface area contributed by atoms with Gasteiger partial charge >= 0.3 is 6.36 Å². The zero-order valence-corrected chi connectivity index (χ0v) is 21.4. The summed E-state index contributed by atoms with van der Waals surface area (Å²) in [4.78, 5) is 18.4. The highest BCUT2D eigenvalue weighted by Crippen LogP contribution is 2.39. The number of benzene rings is 2. The van der Waals surface area contributed by atoms with Crippen LogP contribution in [-0.2, 0) is 4.79 Å². The molecule has 0 spiro atoms. The van der Waals surface area contributed by atoms with Crippen LogP contribution in [0.25, 0.3) is 28.2 Å². The maximum atomic E-state index is 12.9. The van der Waals surface area contributed by atoms with Crippen LogP contribution >= 0.6 is 0 Å². The number of carbonyl (C=O) groups is 1. The number of hydrogen-bond donors (Lipinski definition) is 1. The monoisotopic (exact) mass is 549 g/mol. The van der Waals surface area contributed by atoms with Gasteiger partial charge in [-0.25, -0.2) is 9.50 Å². The molecule has 2 aromatic heterocycles. The lowest BCUT2D eigenvalue weighted by molar-refractivity contribution is -0.276. The van der Waals surface area contributed by atoms with E-state index in [9.17, 15) is 18.0 Å². The van der Waals surface area contributed by atoms with Crippen molar-refractivity contribution in [3.63, 3.8) is 0 Å². The molecule has 1 fully saturated rings. The number of nitrogens with one attached hydrogen (secondary N) is 1. The quantitative estimate of drug-likeness (QED) is 0.335. The highest BCUT2D eigenvalue weighted by Gasteiger charge is 2.33.